The third-order valence-electron chi connectivity index (χ3n) is 7.58. The molecule has 5 aromatic rings. The van der Waals surface area contributed by atoms with Crippen LogP contribution in [0.3, 0.4) is 0 Å². The summed E-state index contributed by atoms with van der Waals surface area (Å²) in [7, 11) is -2.47. The number of aromatic amines is 1. The molecule has 0 radical (unpaired) electrons. The average molecular weight is 613 g/mol. The molecule has 0 bridgehead atoms. The second kappa shape index (κ2) is 11.4. The minimum absolute atomic E-state index is 0.0768. The lowest BCUT2D eigenvalue weighted by atomic mass is 10.1. The van der Waals surface area contributed by atoms with Gasteiger partial charge in [-0.25, -0.2) is 18.1 Å². The van der Waals surface area contributed by atoms with Gasteiger partial charge in [-0.05, 0) is 37.3 Å². The molecule has 3 aromatic heterocycles. The zero-order chi connectivity index (χ0) is 31.0. The molecule has 13 heteroatoms. The molecule has 224 valence electrons. The van der Waals surface area contributed by atoms with Gasteiger partial charge in [0, 0.05) is 44.1 Å². The molecule has 0 unspecified atom stereocenters. The third-order valence-corrected chi connectivity index (χ3v) is 9.24. The van der Waals surface area contributed by atoms with Crippen LogP contribution in [0.15, 0.2) is 89.2 Å². The first-order valence-corrected chi connectivity index (χ1v) is 15.3. The minimum Gasteiger partial charge on any atom is -0.494 e. The average Bonchev–Trinajstić information content (AvgIpc) is 3.73. The van der Waals surface area contributed by atoms with E-state index in [0.717, 1.165) is 5.56 Å². The zero-order valence-electron chi connectivity index (χ0n) is 23.9. The molecule has 0 atom stereocenters. The molecule has 1 aliphatic rings. The van der Waals surface area contributed by atoms with Crippen LogP contribution in [0.4, 0.5) is 0 Å². The molecule has 0 aliphatic carbocycles. The van der Waals surface area contributed by atoms with Gasteiger partial charge in [0.15, 0.2) is 10.8 Å². The Hall–Kier alpha value is -5.30. The molecule has 4 heterocycles. The standard InChI is InChI=1S/C31H28N6O6S/c1-20-8-10-22(11-9-20)44(41,42)25-12-13-37(34-25)29-27-26(24(43-2)19-33-29)23(18-32-27)28(38)31(40)36-16-14-35(15-17-36)30(39)21-6-4-3-5-7-21/h3-13,18-19,32H,14-17H2,1-2H3. The second-order valence-corrected chi connectivity index (χ2v) is 12.2. The van der Waals surface area contributed by atoms with Crippen molar-refractivity contribution in [2.75, 3.05) is 33.3 Å². The number of sulfone groups is 1. The molecule has 0 spiro atoms. The molecular weight excluding hydrogens is 584 g/mol. The number of amides is 2. The number of ether oxygens (including phenoxy) is 1. The van der Waals surface area contributed by atoms with Crippen LogP contribution in [-0.4, -0.2) is 88.9 Å². The number of fused-ring (bicyclic) bond motifs is 1. The van der Waals surface area contributed by atoms with Crippen LogP contribution in [0.5, 0.6) is 5.75 Å². The summed E-state index contributed by atoms with van der Waals surface area (Å²) in [6.45, 7) is 2.88. The van der Waals surface area contributed by atoms with E-state index in [1.807, 2.05) is 13.0 Å². The van der Waals surface area contributed by atoms with Crippen molar-refractivity contribution in [1.29, 1.82) is 0 Å². The van der Waals surface area contributed by atoms with Crippen LogP contribution in [0.1, 0.15) is 26.3 Å². The number of rotatable bonds is 7. The molecule has 0 saturated carbocycles. The minimum atomic E-state index is -3.89. The normalized spacial score (nSPS) is 13.7. The number of methoxy groups -OCH3 is 1. The number of nitrogens with zero attached hydrogens (tertiary/aromatic N) is 5. The Bertz CT molecular complexity index is 1990. The Labute approximate surface area is 252 Å². The number of carbonyl (C=O) groups excluding carboxylic acids is 3. The Balaban J connectivity index is 1.25. The Morgan fingerprint density at radius 3 is 2.27 bits per heavy atom. The summed E-state index contributed by atoms with van der Waals surface area (Å²) in [5.74, 6) is -1.12. The van der Waals surface area contributed by atoms with Crippen LogP contribution in [0, 0.1) is 6.92 Å². The zero-order valence-corrected chi connectivity index (χ0v) is 24.7. The molecule has 12 nitrogen and oxygen atoms in total. The number of benzene rings is 2. The van der Waals surface area contributed by atoms with E-state index < -0.39 is 21.5 Å². The highest BCUT2D eigenvalue weighted by molar-refractivity contribution is 7.91. The van der Waals surface area contributed by atoms with E-state index in [9.17, 15) is 22.8 Å². The number of aromatic nitrogens is 4. The van der Waals surface area contributed by atoms with E-state index in [1.54, 1.807) is 41.3 Å². The van der Waals surface area contributed by atoms with Crippen molar-refractivity contribution in [2.45, 2.75) is 16.8 Å². The smallest absolute Gasteiger partial charge is 0.295 e. The maximum Gasteiger partial charge on any atom is 0.295 e. The van der Waals surface area contributed by atoms with E-state index in [2.05, 4.69) is 15.1 Å². The van der Waals surface area contributed by atoms with Gasteiger partial charge in [-0.3, -0.25) is 14.4 Å². The van der Waals surface area contributed by atoms with Crippen molar-refractivity contribution in [2.24, 2.45) is 0 Å². The van der Waals surface area contributed by atoms with Gasteiger partial charge in [0.1, 0.15) is 5.75 Å². The lowest BCUT2D eigenvalue weighted by Crippen LogP contribution is -2.52. The number of hydrogen-bond donors (Lipinski definition) is 1. The lowest BCUT2D eigenvalue weighted by molar-refractivity contribution is -0.127. The molecule has 1 N–H and O–H groups in total. The number of hydrogen-bond acceptors (Lipinski definition) is 8. The highest BCUT2D eigenvalue weighted by Gasteiger charge is 2.31. The molecule has 6 rings (SSSR count). The Morgan fingerprint density at radius 1 is 0.909 bits per heavy atom. The van der Waals surface area contributed by atoms with E-state index in [1.165, 1.54) is 53.5 Å². The van der Waals surface area contributed by atoms with E-state index in [-0.39, 0.29) is 46.0 Å². The monoisotopic (exact) mass is 612 g/mol. The first kappa shape index (κ1) is 28.8. The maximum absolute atomic E-state index is 13.5. The van der Waals surface area contributed by atoms with Gasteiger partial charge >= 0.3 is 0 Å². The van der Waals surface area contributed by atoms with Crippen molar-refractivity contribution < 1.29 is 27.5 Å². The highest BCUT2D eigenvalue weighted by Crippen LogP contribution is 2.32. The van der Waals surface area contributed by atoms with Gasteiger partial charge in [0.25, 0.3) is 17.6 Å². The van der Waals surface area contributed by atoms with E-state index in [4.69, 9.17) is 4.74 Å². The van der Waals surface area contributed by atoms with Gasteiger partial charge in [-0.1, -0.05) is 35.9 Å². The van der Waals surface area contributed by atoms with Crippen molar-refractivity contribution in [3.63, 3.8) is 0 Å². The number of nitrogens with one attached hydrogen (secondary N) is 1. The summed E-state index contributed by atoms with van der Waals surface area (Å²) in [6.07, 6.45) is 4.25. The molecule has 1 fully saturated rings. The molecule has 44 heavy (non-hydrogen) atoms. The van der Waals surface area contributed by atoms with Crippen LogP contribution < -0.4 is 4.74 Å². The summed E-state index contributed by atoms with van der Waals surface area (Å²) in [5.41, 5.74) is 1.90. The van der Waals surface area contributed by atoms with E-state index in [0.29, 0.717) is 29.6 Å². The van der Waals surface area contributed by atoms with Crippen LogP contribution >= 0.6 is 0 Å². The van der Waals surface area contributed by atoms with Crippen LogP contribution in [-0.2, 0) is 14.6 Å². The highest BCUT2D eigenvalue weighted by atomic mass is 32.2. The number of carbonyl (C=O) groups is 3. The summed E-state index contributed by atoms with van der Waals surface area (Å²) in [6, 6.07) is 16.7. The molecule has 2 aromatic carbocycles. The van der Waals surface area contributed by atoms with Gasteiger partial charge in [0.2, 0.25) is 9.84 Å². The van der Waals surface area contributed by atoms with E-state index >= 15 is 0 Å². The number of aryl methyl sites for hydroxylation is 1. The second-order valence-electron chi connectivity index (χ2n) is 10.3. The van der Waals surface area contributed by atoms with Crippen molar-refractivity contribution >= 4 is 38.3 Å². The Kier molecular flexibility index (Phi) is 7.47. The van der Waals surface area contributed by atoms with Crippen LogP contribution in [0.25, 0.3) is 16.7 Å². The fourth-order valence-corrected chi connectivity index (χ4v) is 6.32. The third kappa shape index (κ3) is 5.11. The maximum atomic E-state index is 13.5. The first-order chi connectivity index (χ1) is 21.2. The number of H-pyrrole nitrogens is 1. The molecule has 2 amide bonds. The number of piperazine rings is 1. The first-order valence-electron chi connectivity index (χ1n) is 13.8. The fourth-order valence-electron chi connectivity index (χ4n) is 5.15. The summed E-state index contributed by atoms with van der Waals surface area (Å²) < 4.78 is 33.1. The van der Waals surface area contributed by atoms with Crippen LogP contribution in [0.2, 0.25) is 0 Å². The topological polar surface area (TPSA) is 148 Å². The van der Waals surface area contributed by atoms with Gasteiger partial charge in [-0.2, -0.15) is 5.10 Å². The van der Waals surface area contributed by atoms with Crippen molar-refractivity contribution in [3.05, 3.63) is 95.9 Å². The quantitative estimate of drug-likeness (QED) is 0.218. The molecular formula is C31H28N6O6S. The summed E-state index contributed by atoms with van der Waals surface area (Å²) >= 11 is 0. The van der Waals surface area contributed by atoms with Crippen molar-refractivity contribution in [3.8, 4) is 11.6 Å². The largest absolute Gasteiger partial charge is 0.494 e. The number of pyridine rings is 1. The Morgan fingerprint density at radius 2 is 1.59 bits per heavy atom. The fraction of sp³-hybridized carbons (Fsp3) is 0.194. The predicted molar refractivity (Wildman–Crippen MR) is 160 cm³/mol. The van der Waals surface area contributed by atoms with Gasteiger partial charge in [0.05, 0.1) is 34.7 Å². The molecule has 1 aliphatic heterocycles. The van der Waals surface area contributed by atoms with Crippen molar-refractivity contribution in [1.82, 2.24) is 29.5 Å². The predicted octanol–water partition coefficient (Wildman–Crippen LogP) is 3.07. The number of Topliss-reactive ketones (excluding diaryl/α,β-unsaturated/α-hetero) is 1. The van der Waals surface area contributed by atoms with Gasteiger partial charge in [-0.15, -0.1) is 0 Å². The van der Waals surface area contributed by atoms with Gasteiger partial charge < -0.3 is 19.5 Å². The summed E-state index contributed by atoms with van der Waals surface area (Å²) in [5, 5.41) is 4.42. The summed E-state index contributed by atoms with van der Waals surface area (Å²) in [4.78, 5) is 50.2. The number of ketones is 1. The lowest BCUT2D eigenvalue weighted by Gasteiger charge is -2.34. The SMILES string of the molecule is COc1cnc(-n2ccc(S(=O)(=O)c3ccc(C)cc3)n2)c2[nH]cc(C(=O)C(=O)N3CCN(C(=O)c4ccccc4)CC3)c12. The molecule has 1 saturated heterocycles.